The molecule has 0 saturated carbocycles. The van der Waals surface area contributed by atoms with Crippen LogP contribution in [0.25, 0.3) is 22.4 Å². The highest BCUT2D eigenvalue weighted by Crippen LogP contribution is 2.20. The summed E-state index contributed by atoms with van der Waals surface area (Å²) >= 11 is 0. The quantitative estimate of drug-likeness (QED) is 0.682. The van der Waals surface area contributed by atoms with E-state index < -0.39 is 0 Å². The molecular weight excluding hydrogens is 222 g/mol. The minimum atomic E-state index is 0.927. The average Bonchev–Trinajstić information content (AvgIpc) is 2.49. The Morgan fingerprint density at radius 2 is 1.28 bits per heavy atom. The summed E-state index contributed by atoms with van der Waals surface area (Å²) in [4.78, 5) is 12.7. The molecular formula is C15H11N3. The van der Waals surface area contributed by atoms with Crippen LogP contribution in [0.15, 0.2) is 67.4 Å². The lowest BCUT2D eigenvalue weighted by Gasteiger charge is -2.03. The summed E-state index contributed by atoms with van der Waals surface area (Å²) in [6.45, 7) is 0. The maximum atomic E-state index is 4.46. The SMILES string of the molecule is c1cncc(-c2ccc(-c3cccnc3)nc2)c1. The van der Waals surface area contributed by atoms with Gasteiger partial charge in [-0.3, -0.25) is 15.0 Å². The molecule has 0 radical (unpaired) electrons. The monoisotopic (exact) mass is 233 g/mol. The highest BCUT2D eigenvalue weighted by Gasteiger charge is 2.01. The van der Waals surface area contributed by atoms with Gasteiger partial charge in [0.2, 0.25) is 0 Å². The lowest BCUT2D eigenvalue weighted by atomic mass is 10.1. The molecule has 3 aromatic heterocycles. The van der Waals surface area contributed by atoms with Crippen LogP contribution in [0.3, 0.4) is 0 Å². The minimum absolute atomic E-state index is 0.927. The van der Waals surface area contributed by atoms with Gasteiger partial charge in [-0.25, -0.2) is 0 Å². The fourth-order valence-corrected chi connectivity index (χ4v) is 1.78. The number of nitrogens with zero attached hydrogens (tertiary/aromatic N) is 3. The van der Waals surface area contributed by atoms with Crippen molar-refractivity contribution < 1.29 is 0 Å². The predicted octanol–water partition coefficient (Wildman–Crippen LogP) is 3.21. The molecule has 0 aliphatic heterocycles. The zero-order chi connectivity index (χ0) is 12.2. The van der Waals surface area contributed by atoms with Crippen LogP contribution in [0, 0.1) is 0 Å². The Kier molecular flexibility index (Phi) is 2.80. The maximum absolute atomic E-state index is 4.46. The van der Waals surface area contributed by atoms with Crippen molar-refractivity contribution in [1.29, 1.82) is 0 Å². The van der Waals surface area contributed by atoms with E-state index in [1.807, 2.05) is 55.0 Å². The van der Waals surface area contributed by atoms with Crippen molar-refractivity contribution in [2.45, 2.75) is 0 Å². The molecule has 3 aromatic rings. The van der Waals surface area contributed by atoms with Gasteiger partial charge in [-0.05, 0) is 24.3 Å². The van der Waals surface area contributed by atoms with Crippen molar-refractivity contribution in [3.8, 4) is 22.4 Å². The molecule has 0 aliphatic rings. The summed E-state index contributed by atoms with van der Waals surface area (Å²) in [5, 5.41) is 0. The topological polar surface area (TPSA) is 38.7 Å². The molecule has 0 aromatic carbocycles. The molecule has 3 heterocycles. The lowest BCUT2D eigenvalue weighted by Crippen LogP contribution is -1.86. The van der Waals surface area contributed by atoms with Gasteiger partial charge in [0.05, 0.1) is 5.69 Å². The van der Waals surface area contributed by atoms with Crippen molar-refractivity contribution in [3.05, 3.63) is 67.4 Å². The first kappa shape index (κ1) is 10.6. The van der Waals surface area contributed by atoms with E-state index in [0.29, 0.717) is 0 Å². The van der Waals surface area contributed by atoms with Crippen molar-refractivity contribution in [1.82, 2.24) is 15.0 Å². The van der Waals surface area contributed by atoms with Crippen LogP contribution in [-0.2, 0) is 0 Å². The number of pyridine rings is 3. The molecule has 0 aliphatic carbocycles. The van der Waals surface area contributed by atoms with Gasteiger partial charge in [0.1, 0.15) is 0 Å². The fourth-order valence-electron chi connectivity index (χ4n) is 1.78. The molecule has 0 spiro atoms. The third-order valence-electron chi connectivity index (χ3n) is 2.72. The predicted molar refractivity (Wildman–Crippen MR) is 70.7 cm³/mol. The Morgan fingerprint density at radius 3 is 1.83 bits per heavy atom. The van der Waals surface area contributed by atoms with E-state index >= 15 is 0 Å². The van der Waals surface area contributed by atoms with E-state index in [4.69, 9.17) is 0 Å². The van der Waals surface area contributed by atoms with Crippen LogP contribution in [0.4, 0.5) is 0 Å². The van der Waals surface area contributed by atoms with Crippen LogP contribution >= 0.6 is 0 Å². The molecule has 0 fully saturated rings. The van der Waals surface area contributed by atoms with E-state index in [1.54, 1.807) is 12.4 Å². The van der Waals surface area contributed by atoms with Gasteiger partial charge >= 0.3 is 0 Å². The van der Waals surface area contributed by atoms with Crippen LogP contribution in [0.2, 0.25) is 0 Å². The average molecular weight is 233 g/mol. The van der Waals surface area contributed by atoms with E-state index in [2.05, 4.69) is 15.0 Å². The second-order valence-corrected chi connectivity index (χ2v) is 3.92. The van der Waals surface area contributed by atoms with Gasteiger partial charge in [0.25, 0.3) is 0 Å². The minimum Gasteiger partial charge on any atom is -0.264 e. The number of hydrogen-bond donors (Lipinski definition) is 0. The van der Waals surface area contributed by atoms with Crippen LogP contribution in [0.5, 0.6) is 0 Å². The van der Waals surface area contributed by atoms with Crippen molar-refractivity contribution in [3.63, 3.8) is 0 Å². The van der Waals surface area contributed by atoms with Crippen molar-refractivity contribution in [2.24, 2.45) is 0 Å². The summed E-state index contributed by atoms with van der Waals surface area (Å²) in [5.41, 5.74) is 4.09. The largest absolute Gasteiger partial charge is 0.264 e. The van der Waals surface area contributed by atoms with Gasteiger partial charge < -0.3 is 0 Å². The molecule has 0 unspecified atom stereocenters. The lowest BCUT2D eigenvalue weighted by molar-refractivity contribution is 1.27. The zero-order valence-corrected chi connectivity index (χ0v) is 9.69. The van der Waals surface area contributed by atoms with E-state index in [1.165, 1.54) is 0 Å². The Labute approximate surface area is 105 Å². The summed E-state index contributed by atoms with van der Waals surface area (Å²) < 4.78 is 0. The first-order chi connectivity index (χ1) is 8.93. The van der Waals surface area contributed by atoms with Gasteiger partial charge in [-0.1, -0.05) is 12.1 Å². The second kappa shape index (κ2) is 4.75. The van der Waals surface area contributed by atoms with Gasteiger partial charge in [0.15, 0.2) is 0 Å². The van der Waals surface area contributed by atoms with E-state index in [-0.39, 0.29) is 0 Å². The first-order valence-corrected chi connectivity index (χ1v) is 5.70. The molecule has 18 heavy (non-hydrogen) atoms. The standard InChI is InChI=1S/C15H11N3/c1-3-12(9-16-7-1)13-5-6-15(18-11-13)14-4-2-8-17-10-14/h1-11H. The molecule has 86 valence electrons. The summed E-state index contributed by atoms with van der Waals surface area (Å²) in [6, 6.07) is 11.9. The molecule has 0 bridgehead atoms. The van der Waals surface area contributed by atoms with Crippen LogP contribution in [-0.4, -0.2) is 15.0 Å². The van der Waals surface area contributed by atoms with Crippen LogP contribution < -0.4 is 0 Å². The van der Waals surface area contributed by atoms with Crippen LogP contribution in [0.1, 0.15) is 0 Å². The van der Waals surface area contributed by atoms with Gasteiger partial charge in [-0.15, -0.1) is 0 Å². The van der Waals surface area contributed by atoms with E-state index in [0.717, 1.165) is 22.4 Å². The van der Waals surface area contributed by atoms with Crippen molar-refractivity contribution in [2.75, 3.05) is 0 Å². The Bertz CT molecular complexity index is 560. The highest BCUT2D eigenvalue weighted by molar-refractivity contribution is 5.65. The summed E-state index contributed by atoms with van der Waals surface area (Å²) in [6.07, 6.45) is 9.03. The number of aromatic nitrogens is 3. The van der Waals surface area contributed by atoms with Gasteiger partial charge in [0, 0.05) is 47.7 Å². The molecule has 3 rings (SSSR count). The summed E-state index contributed by atoms with van der Waals surface area (Å²) in [7, 11) is 0. The van der Waals surface area contributed by atoms with Gasteiger partial charge in [-0.2, -0.15) is 0 Å². The Balaban J connectivity index is 1.95. The third-order valence-corrected chi connectivity index (χ3v) is 2.72. The first-order valence-electron chi connectivity index (χ1n) is 5.70. The normalized spacial score (nSPS) is 10.2. The molecule has 0 N–H and O–H groups in total. The molecule has 3 nitrogen and oxygen atoms in total. The molecule has 0 atom stereocenters. The highest BCUT2D eigenvalue weighted by atomic mass is 14.7. The number of rotatable bonds is 2. The maximum Gasteiger partial charge on any atom is 0.0717 e. The fraction of sp³-hybridized carbons (Fsp3) is 0. The van der Waals surface area contributed by atoms with Crippen molar-refractivity contribution >= 4 is 0 Å². The summed E-state index contributed by atoms with van der Waals surface area (Å²) in [5.74, 6) is 0. The van der Waals surface area contributed by atoms with E-state index in [9.17, 15) is 0 Å². The molecule has 3 heteroatoms. The number of hydrogen-bond acceptors (Lipinski definition) is 3. The third kappa shape index (κ3) is 2.11. The smallest absolute Gasteiger partial charge is 0.0717 e. The molecule has 0 amide bonds. The Hall–Kier alpha value is -2.55. The Morgan fingerprint density at radius 1 is 0.611 bits per heavy atom. The zero-order valence-electron chi connectivity index (χ0n) is 9.69. The molecule has 0 saturated heterocycles. The second-order valence-electron chi connectivity index (χ2n) is 3.92.